The van der Waals surface area contributed by atoms with Crippen LogP contribution in [0.2, 0.25) is 0 Å². The van der Waals surface area contributed by atoms with Gasteiger partial charge < -0.3 is 20.5 Å². The number of fused-ring (bicyclic) bond motifs is 2. The van der Waals surface area contributed by atoms with Crippen LogP contribution in [0, 0.1) is 0 Å². The van der Waals surface area contributed by atoms with Crippen LogP contribution in [0.25, 0.3) is 11.0 Å². The van der Waals surface area contributed by atoms with E-state index >= 15 is 0 Å². The molecular formula is C22H18N4O4. The fourth-order valence-electron chi connectivity index (χ4n) is 3.94. The molecule has 4 aromatic rings. The Morgan fingerprint density at radius 3 is 2.80 bits per heavy atom. The zero-order valence-electron chi connectivity index (χ0n) is 16.0. The molecule has 8 heteroatoms. The van der Waals surface area contributed by atoms with Gasteiger partial charge in [-0.25, -0.2) is 0 Å². The zero-order valence-corrected chi connectivity index (χ0v) is 16.0. The molecule has 150 valence electrons. The van der Waals surface area contributed by atoms with Crippen molar-refractivity contribution in [3.8, 4) is 0 Å². The van der Waals surface area contributed by atoms with Crippen LogP contribution in [-0.4, -0.2) is 17.6 Å². The quantitative estimate of drug-likeness (QED) is 0.497. The molecule has 5 rings (SSSR count). The highest BCUT2D eigenvalue weighted by atomic mass is 16.5. The monoisotopic (exact) mass is 402 g/mol. The number of hydrogen-bond acceptors (Lipinski definition) is 7. The van der Waals surface area contributed by atoms with E-state index in [-0.39, 0.29) is 17.3 Å². The minimum Gasteiger partial charge on any atom is -0.394 e. The van der Waals surface area contributed by atoms with Crippen molar-refractivity contribution in [3.63, 3.8) is 0 Å². The predicted molar refractivity (Wildman–Crippen MR) is 112 cm³/mol. The van der Waals surface area contributed by atoms with E-state index in [1.54, 1.807) is 12.1 Å². The van der Waals surface area contributed by atoms with Crippen LogP contribution < -0.4 is 26.8 Å². The van der Waals surface area contributed by atoms with Gasteiger partial charge in [-0.1, -0.05) is 35.5 Å². The first-order chi connectivity index (χ1) is 14.5. The maximum Gasteiger partial charge on any atom is 0.274 e. The molecular weight excluding hydrogens is 384 g/mol. The number of carbonyl (C=O) groups is 1. The Morgan fingerprint density at radius 2 is 1.97 bits per heavy atom. The van der Waals surface area contributed by atoms with Crippen molar-refractivity contribution in [3.05, 3.63) is 85.3 Å². The van der Waals surface area contributed by atoms with Gasteiger partial charge >= 0.3 is 0 Å². The molecule has 0 atom stereocenters. The highest BCUT2D eigenvalue weighted by Gasteiger charge is 2.26. The number of para-hydroxylation sites is 1. The lowest BCUT2D eigenvalue weighted by atomic mass is 9.96. The number of benzene rings is 2. The van der Waals surface area contributed by atoms with Gasteiger partial charge in [0.05, 0.1) is 5.39 Å². The highest BCUT2D eigenvalue weighted by molar-refractivity contribution is 6.03. The van der Waals surface area contributed by atoms with Gasteiger partial charge in [0.15, 0.2) is 11.3 Å². The third-order valence-corrected chi connectivity index (χ3v) is 5.57. The molecule has 0 unspecified atom stereocenters. The van der Waals surface area contributed by atoms with Crippen molar-refractivity contribution in [1.29, 1.82) is 0 Å². The summed E-state index contributed by atoms with van der Waals surface area (Å²) in [6.07, 6.45) is 0.755. The molecule has 3 aromatic carbocycles. The van der Waals surface area contributed by atoms with Gasteiger partial charge in [0, 0.05) is 19.6 Å². The normalized spacial score (nSPS) is 13.5. The molecule has 8 nitrogen and oxygen atoms in total. The Balaban J connectivity index is 1.31. The number of anilines is 2. The van der Waals surface area contributed by atoms with Crippen molar-refractivity contribution >= 4 is 28.3 Å². The Kier molecular flexibility index (Phi) is 4.13. The molecule has 0 fully saturated rings. The summed E-state index contributed by atoms with van der Waals surface area (Å²) < 4.78 is 5.19. The van der Waals surface area contributed by atoms with Gasteiger partial charge in [0.2, 0.25) is 0 Å². The van der Waals surface area contributed by atoms with E-state index in [2.05, 4.69) is 10.5 Å². The van der Waals surface area contributed by atoms with Gasteiger partial charge in [0.25, 0.3) is 16.8 Å². The third-order valence-electron chi connectivity index (χ3n) is 5.57. The molecule has 2 heterocycles. The summed E-state index contributed by atoms with van der Waals surface area (Å²) in [5.74, 6) is -0.309. The SMILES string of the molecule is Nc1c(N2CCc3ccc(CNC(=O)c4noc5ccccc45)cc3C2)c(=O)c1=O. The second-order valence-corrected chi connectivity index (χ2v) is 7.41. The molecule has 0 radical (unpaired) electrons. The number of nitrogen functional groups attached to an aromatic ring is 1. The van der Waals surface area contributed by atoms with E-state index in [1.165, 1.54) is 5.56 Å². The molecule has 1 aromatic heterocycles. The lowest BCUT2D eigenvalue weighted by Gasteiger charge is -2.32. The summed E-state index contributed by atoms with van der Waals surface area (Å²) >= 11 is 0. The molecule has 0 aliphatic carbocycles. The summed E-state index contributed by atoms with van der Waals surface area (Å²) in [7, 11) is 0. The second-order valence-electron chi connectivity index (χ2n) is 7.41. The molecule has 0 bridgehead atoms. The largest absolute Gasteiger partial charge is 0.394 e. The Morgan fingerprint density at radius 1 is 1.13 bits per heavy atom. The van der Waals surface area contributed by atoms with Gasteiger partial charge in [-0.15, -0.1) is 0 Å². The molecule has 1 amide bonds. The van der Waals surface area contributed by atoms with E-state index < -0.39 is 10.9 Å². The Hall–Kier alpha value is -3.94. The molecule has 0 saturated heterocycles. The molecule has 0 saturated carbocycles. The number of nitrogens with zero attached hydrogens (tertiary/aromatic N) is 2. The van der Waals surface area contributed by atoms with Gasteiger partial charge in [-0.2, -0.15) is 0 Å². The van der Waals surface area contributed by atoms with Crippen molar-refractivity contribution in [1.82, 2.24) is 10.5 Å². The second kappa shape index (κ2) is 6.84. The summed E-state index contributed by atoms with van der Waals surface area (Å²) in [5.41, 5.74) is 8.94. The van der Waals surface area contributed by atoms with Gasteiger partial charge in [-0.3, -0.25) is 14.4 Å². The van der Waals surface area contributed by atoms with E-state index in [4.69, 9.17) is 10.3 Å². The fraction of sp³-hybridized carbons (Fsp3) is 0.182. The van der Waals surface area contributed by atoms with Crippen LogP contribution in [-0.2, 0) is 19.5 Å². The number of carbonyl (C=O) groups excluding carboxylic acids is 1. The van der Waals surface area contributed by atoms with E-state index in [1.807, 2.05) is 35.2 Å². The highest BCUT2D eigenvalue weighted by Crippen LogP contribution is 2.26. The van der Waals surface area contributed by atoms with Crippen LogP contribution in [0.1, 0.15) is 27.2 Å². The molecule has 3 N–H and O–H groups in total. The van der Waals surface area contributed by atoms with Crippen LogP contribution in [0.4, 0.5) is 11.4 Å². The van der Waals surface area contributed by atoms with Crippen molar-refractivity contribution in [2.24, 2.45) is 0 Å². The summed E-state index contributed by atoms with van der Waals surface area (Å²) in [4.78, 5) is 37.7. The van der Waals surface area contributed by atoms with Crippen LogP contribution in [0.3, 0.4) is 0 Å². The minimum atomic E-state index is -0.604. The van der Waals surface area contributed by atoms with E-state index in [9.17, 15) is 14.4 Å². The first kappa shape index (κ1) is 18.1. The maximum absolute atomic E-state index is 12.5. The van der Waals surface area contributed by atoms with E-state index in [0.29, 0.717) is 36.3 Å². The molecule has 1 aliphatic heterocycles. The number of aromatic nitrogens is 1. The standard InChI is InChI=1S/C22H18N4O4/c23-17-19(21(28)20(17)27)26-8-7-13-6-5-12(9-14(13)11-26)10-24-22(29)18-15-3-1-2-4-16(15)30-25-18/h1-6,9H,7-8,10-11,23H2,(H,24,29). The Bertz CT molecular complexity index is 1360. The number of rotatable bonds is 4. The van der Waals surface area contributed by atoms with Gasteiger partial charge in [-0.05, 0) is 35.2 Å². The van der Waals surface area contributed by atoms with Crippen molar-refractivity contribution < 1.29 is 9.32 Å². The van der Waals surface area contributed by atoms with Crippen molar-refractivity contribution in [2.45, 2.75) is 19.5 Å². The molecule has 1 aliphatic rings. The van der Waals surface area contributed by atoms with Crippen molar-refractivity contribution in [2.75, 3.05) is 17.2 Å². The van der Waals surface area contributed by atoms with E-state index in [0.717, 1.165) is 17.5 Å². The Labute approximate surface area is 170 Å². The summed E-state index contributed by atoms with van der Waals surface area (Å²) in [5, 5.41) is 7.41. The smallest absolute Gasteiger partial charge is 0.274 e. The summed E-state index contributed by atoms with van der Waals surface area (Å²) in [6, 6.07) is 13.2. The average molecular weight is 402 g/mol. The molecule has 30 heavy (non-hydrogen) atoms. The average Bonchev–Trinajstić information content (AvgIpc) is 3.21. The summed E-state index contributed by atoms with van der Waals surface area (Å²) in [6.45, 7) is 1.47. The third kappa shape index (κ3) is 2.85. The first-order valence-electron chi connectivity index (χ1n) is 9.60. The van der Waals surface area contributed by atoms with Crippen LogP contribution in [0.5, 0.6) is 0 Å². The lowest BCUT2D eigenvalue weighted by molar-refractivity contribution is 0.0943. The first-order valence-corrected chi connectivity index (χ1v) is 9.60. The predicted octanol–water partition coefficient (Wildman–Crippen LogP) is 1.50. The fourth-order valence-corrected chi connectivity index (χ4v) is 3.94. The van der Waals surface area contributed by atoms with Gasteiger partial charge in [0.1, 0.15) is 11.4 Å². The maximum atomic E-state index is 12.5. The van der Waals surface area contributed by atoms with Crippen LogP contribution in [0.15, 0.2) is 56.6 Å². The molecule has 0 spiro atoms. The lowest BCUT2D eigenvalue weighted by Crippen LogP contribution is -2.44. The van der Waals surface area contributed by atoms with Crippen LogP contribution >= 0.6 is 0 Å². The number of amides is 1. The number of nitrogens with one attached hydrogen (secondary N) is 1. The topological polar surface area (TPSA) is 119 Å². The minimum absolute atomic E-state index is 0.0479. The number of nitrogens with two attached hydrogens (primary N) is 1. The zero-order chi connectivity index (χ0) is 20.8. The number of hydrogen-bond donors (Lipinski definition) is 2.